The molecule has 0 saturated heterocycles. The molecule has 7 heteroatoms. The number of aromatic nitrogens is 1. The number of carbonyl (C=O) groups is 1. The maximum atomic E-state index is 12.3. The number of hydrogen-bond donors (Lipinski definition) is 1. The zero-order chi connectivity index (χ0) is 18.8. The van der Waals surface area contributed by atoms with Gasteiger partial charge in [-0.25, -0.2) is 4.98 Å². The van der Waals surface area contributed by atoms with Crippen molar-refractivity contribution in [3.05, 3.63) is 53.0 Å². The van der Waals surface area contributed by atoms with Crippen molar-refractivity contribution in [3.63, 3.8) is 0 Å². The molecule has 0 radical (unpaired) electrons. The summed E-state index contributed by atoms with van der Waals surface area (Å²) >= 11 is 1.67. The normalized spacial score (nSPS) is 13.9. The minimum absolute atomic E-state index is 0.0249. The molecule has 0 bridgehead atoms. The summed E-state index contributed by atoms with van der Waals surface area (Å²) in [6.07, 6.45) is 0. The average Bonchev–Trinajstić information content (AvgIpc) is 3.31. The Morgan fingerprint density at radius 3 is 2.93 bits per heavy atom. The molecule has 2 heterocycles. The van der Waals surface area contributed by atoms with Crippen molar-refractivity contribution in [2.45, 2.75) is 19.5 Å². The summed E-state index contributed by atoms with van der Waals surface area (Å²) in [7, 11) is 1.94. The van der Waals surface area contributed by atoms with Crippen molar-refractivity contribution in [2.75, 3.05) is 20.4 Å². The van der Waals surface area contributed by atoms with Crippen LogP contribution < -0.4 is 14.8 Å². The van der Waals surface area contributed by atoms with Crippen molar-refractivity contribution in [1.29, 1.82) is 0 Å². The number of carbonyl (C=O) groups excluding carboxylic acids is 1. The summed E-state index contributed by atoms with van der Waals surface area (Å²) in [6, 6.07) is 13.9. The van der Waals surface area contributed by atoms with E-state index in [9.17, 15) is 4.79 Å². The molecule has 1 aromatic heterocycles. The fourth-order valence-electron chi connectivity index (χ4n) is 2.93. The second-order valence-electron chi connectivity index (χ2n) is 6.58. The van der Waals surface area contributed by atoms with Gasteiger partial charge in [-0.3, -0.25) is 9.69 Å². The van der Waals surface area contributed by atoms with E-state index < -0.39 is 0 Å². The number of fused-ring (bicyclic) bond motifs is 2. The van der Waals surface area contributed by atoms with E-state index in [1.54, 1.807) is 11.3 Å². The lowest BCUT2D eigenvalue weighted by molar-refractivity contribution is -0.122. The number of amides is 1. The molecule has 27 heavy (non-hydrogen) atoms. The molecule has 2 aromatic carbocycles. The van der Waals surface area contributed by atoms with Gasteiger partial charge in [0.05, 0.1) is 22.8 Å². The van der Waals surface area contributed by atoms with Gasteiger partial charge in [-0.1, -0.05) is 18.2 Å². The van der Waals surface area contributed by atoms with E-state index >= 15 is 0 Å². The number of nitrogens with zero attached hydrogens (tertiary/aromatic N) is 2. The summed E-state index contributed by atoms with van der Waals surface area (Å²) in [5, 5.41) is 3.98. The first kappa shape index (κ1) is 17.8. The van der Waals surface area contributed by atoms with E-state index in [0.717, 1.165) is 27.6 Å². The number of rotatable bonds is 6. The number of thiazole rings is 1. The Bertz CT molecular complexity index is 939. The maximum Gasteiger partial charge on any atom is 0.234 e. The summed E-state index contributed by atoms with van der Waals surface area (Å²) in [4.78, 5) is 19.0. The maximum absolute atomic E-state index is 12.3. The van der Waals surface area contributed by atoms with Crippen LogP contribution in [0.3, 0.4) is 0 Å². The summed E-state index contributed by atoms with van der Waals surface area (Å²) in [5.74, 6) is 1.45. The number of nitrogens with one attached hydrogen (secondary N) is 1. The molecule has 4 rings (SSSR count). The highest BCUT2D eigenvalue weighted by Gasteiger charge is 2.19. The standard InChI is InChI=1S/C20H21N3O3S/c1-13(20-22-15-5-3-4-6-18(15)27-20)23(2)11-19(24)21-10-14-7-8-16-17(9-14)26-12-25-16/h3-9,13H,10-12H2,1-2H3,(H,21,24)/t13-/m0/s1. The third-order valence-electron chi connectivity index (χ3n) is 4.65. The van der Waals surface area contributed by atoms with Crippen LogP contribution in [0.4, 0.5) is 0 Å². The van der Waals surface area contributed by atoms with Crippen LogP contribution >= 0.6 is 11.3 Å². The Kier molecular flexibility index (Phi) is 4.96. The molecule has 0 aliphatic carbocycles. The van der Waals surface area contributed by atoms with Crippen molar-refractivity contribution in [2.24, 2.45) is 0 Å². The highest BCUT2D eigenvalue weighted by Crippen LogP contribution is 2.32. The molecule has 0 saturated carbocycles. The van der Waals surface area contributed by atoms with Gasteiger partial charge in [-0.15, -0.1) is 11.3 Å². The SMILES string of the molecule is C[C@@H](c1nc2ccccc2s1)N(C)CC(=O)NCc1ccc2c(c1)OCO2. The van der Waals surface area contributed by atoms with Gasteiger partial charge < -0.3 is 14.8 Å². The average molecular weight is 383 g/mol. The first-order valence-corrected chi connectivity index (χ1v) is 9.63. The smallest absolute Gasteiger partial charge is 0.234 e. The van der Waals surface area contributed by atoms with Gasteiger partial charge >= 0.3 is 0 Å². The fourth-order valence-corrected chi connectivity index (χ4v) is 4.01. The first-order chi connectivity index (χ1) is 13.1. The third-order valence-corrected chi connectivity index (χ3v) is 5.86. The Balaban J connectivity index is 1.33. The zero-order valence-corrected chi connectivity index (χ0v) is 16.1. The van der Waals surface area contributed by atoms with E-state index in [1.165, 1.54) is 4.70 Å². The zero-order valence-electron chi connectivity index (χ0n) is 15.3. The first-order valence-electron chi connectivity index (χ1n) is 8.81. The highest BCUT2D eigenvalue weighted by atomic mass is 32.1. The van der Waals surface area contributed by atoms with Crippen molar-refractivity contribution < 1.29 is 14.3 Å². The van der Waals surface area contributed by atoms with Crippen molar-refractivity contribution in [3.8, 4) is 11.5 Å². The van der Waals surface area contributed by atoms with Crippen LogP contribution in [-0.2, 0) is 11.3 Å². The Hall–Kier alpha value is -2.64. The predicted octanol–water partition coefficient (Wildman–Crippen LogP) is 3.33. The molecule has 1 atom stereocenters. The predicted molar refractivity (Wildman–Crippen MR) is 105 cm³/mol. The topological polar surface area (TPSA) is 63.7 Å². The molecule has 140 valence electrons. The molecule has 1 N–H and O–H groups in total. The number of benzene rings is 2. The second kappa shape index (κ2) is 7.54. The minimum Gasteiger partial charge on any atom is -0.454 e. The molecule has 0 spiro atoms. The quantitative estimate of drug-likeness (QED) is 0.707. The molecule has 1 aliphatic rings. The van der Waals surface area contributed by atoms with Crippen LogP contribution in [0, 0.1) is 0 Å². The van der Waals surface area contributed by atoms with Crippen LogP contribution in [-0.4, -0.2) is 36.2 Å². The highest BCUT2D eigenvalue weighted by molar-refractivity contribution is 7.18. The van der Waals surface area contributed by atoms with Gasteiger partial charge in [0.2, 0.25) is 12.7 Å². The van der Waals surface area contributed by atoms with Gasteiger partial charge in [0.15, 0.2) is 11.5 Å². The number of hydrogen-bond acceptors (Lipinski definition) is 6. The van der Waals surface area contributed by atoms with Crippen LogP contribution in [0.2, 0.25) is 0 Å². The minimum atomic E-state index is -0.0249. The molecule has 0 fully saturated rings. The molecular weight excluding hydrogens is 362 g/mol. The Morgan fingerprint density at radius 1 is 1.26 bits per heavy atom. The molecule has 6 nitrogen and oxygen atoms in total. The van der Waals surface area contributed by atoms with E-state index in [-0.39, 0.29) is 18.7 Å². The van der Waals surface area contributed by atoms with Crippen molar-refractivity contribution in [1.82, 2.24) is 15.2 Å². The van der Waals surface area contributed by atoms with E-state index in [0.29, 0.717) is 13.1 Å². The van der Waals surface area contributed by atoms with E-state index in [1.807, 2.05) is 48.3 Å². The summed E-state index contributed by atoms with van der Waals surface area (Å²) in [5.41, 5.74) is 1.99. The summed E-state index contributed by atoms with van der Waals surface area (Å²) < 4.78 is 11.8. The molecular formula is C20H21N3O3S. The Labute approximate surface area is 161 Å². The fraction of sp³-hybridized carbons (Fsp3) is 0.300. The molecule has 0 unspecified atom stereocenters. The molecule has 1 amide bonds. The van der Waals surface area contributed by atoms with Crippen LogP contribution in [0.5, 0.6) is 11.5 Å². The van der Waals surface area contributed by atoms with E-state index in [4.69, 9.17) is 9.47 Å². The number of para-hydroxylation sites is 1. The second-order valence-corrected chi connectivity index (χ2v) is 7.64. The lowest BCUT2D eigenvalue weighted by Gasteiger charge is -2.22. The van der Waals surface area contributed by atoms with Crippen LogP contribution in [0.15, 0.2) is 42.5 Å². The van der Waals surface area contributed by atoms with E-state index in [2.05, 4.69) is 23.3 Å². The van der Waals surface area contributed by atoms with Gasteiger partial charge in [0.25, 0.3) is 0 Å². The monoisotopic (exact) mass is 383 g/mol. The number of ether oxygens (including phenoxy) is 2. The lowest BCUT2D eigenvalue weighted by Crippen LogP contribution is -2.36. The Morgan fingerprint density at radius 2 is 2.07 bits per heavy atom. The van der Waals surface area contributed by atoms with Gasteiger partial charge in [-0.05, 0) is 43.8 Å². The van der Waals surface area contributed by atoms with Gasteiger partial charge in [-0.2, -0.15) is 0 Å². The van der Waals surface area contributed by atoms with Gasteiger partial charge in [0, 0.05) is 6.54 Å². The summed E-state index contributed by atoms with van der Waals surface area (Å²) in [6.45, 7) is 3.09. The van der Waals surface area contributed by atoms with Gasteiger partial charge in [0.1, 0.15) is 5.01 Å². The molecule has 1 aliphatic heterocycles. The third kappa shape index (κ3) is 3.89. The molecule has 3 aromatic rings. The lowest BCUT2D eigenvalue weighted by atomic mass is 10.2. The largest absolute Gasteiger partial charge is 0.454 e. The van der Waals surface area contributed by atoms with Crippen LogP contribution in [0.25, 0.3) is 10.2 Å². The van der Waals surface area contributed by atoms with Crippen LogP contribution in [0.1, 0.15) is 23.5 Å². The van der Waals surface area contributed by atoms with Crippen molar-refractivity contribution >= 4 is 27.5 Å². The number of likely N-dealkylation sites (N-methyl/N-ethyl adjacent to an activating group) is 1.